The van der Waals surface area contributed by atoms with E-state index in [-0.39, 0.29) is 11.7 Å². The molecule has 1 aromatic heterocycles. The minimum atomic E-state index is -0.501. The van der Waals surface area contributed by atoms with Gasteiger partial charge in [-0.25, -0.2) is 4.57 Å². The van der Waals surface area contributed by atoms with Gasteiger partial charge in [0.15, 0.2) is 5.69 Å². The largest absolute Gasteiger partial charge is 0.358 e. The van der Waals surface area contributed by atoms with Crippen LogP contribution in [0.1, 0.15) is 29.8 Å². The Morgan fingerprint density at radius 2 is 2.42 bits per heavy atom. The predicted octanol–water partition coefficient (Wildman–Crippen LogP) is 0.805. The summed E-state index contributed by atoms with van der Waals surface area (Å²) in [4.78, 5) is 22.1. The number of nitrogens with one attached hydrogen (secondary N) is 2. The van der Waals surface area contributed by atoms with Crippen molar-refractivity contribution in [3.05, 3.63) is 27.9 Å². The maximum Gasteiger partial charge on any atom is 0.323 e. The molecule has 1 aliphatic rings. The molecule has 0 radical (unpaired) electrons. The zero-order valence-electron chi connectivity index (χ0n) is 10.9. The van der Waals surface area contributed by atoms with Gasteiger partial charge >= 0.3 is 5.82 Å². The van der Waals surface area contributed by atoms with E-state index in [9.17, 15) is 14.9 Å². The van der Waals surface area contributed by atoms with Crippen LogP contribution in [0, 0.1) is 10.1 Å². The number of amides is 1. The summed E-state index contributed by atoms with van der Waals surface area (Å²) in [5.74, 6) is -0.351. The van der Waals surface area contributed by atoms with Crippen LogP contribution in [0.4, 0.5) is 5.82 Å². The standard InChI is InChI=1S/C12H18N4O3/c1-15-10(4-5-11(15)16(18)19)12(17)14-8-6-9-3-2-7-13-9/h4-5,9,13H,2-3,6-8H2,1H3,(H,14,17). The Kier molecular flexibility index (Phi) is 4.16. The van der Waals surface area contributed by atoms with Crippen molar-refractivity contribution in [1.29, 1.82) is 0 Å². The summed E-state index contributed by atoms with van der Waals surface area (Å²) in [6.07, 6.45) is 3.21. The zero-order valence-corrected chi connectivity index (χ0v) is 10.9. The van der Waals surface area contributed by atoms with Gasteiger partial charge in [0, 0.05) is 18.7 Å². The molecule has 1 atom stereocenters. The summed E-state index contributed by atoms with van der Waals surface area (Å²) in [6, 6.07) is 3.29. The lowest BCUT2D eigenvalue weighted by atomic mass is 10.1. The van der Waals surface area contributed by atoms with Gasteiger partial charge in [0.2, 0.25) is 0 Å². The summed E-state index contributed by atoms with van der Waals surface area (Å²) in [6.45, 7) is 1.62. The molecular formula is C12H18N4O3. The molecule has 0 spiro atoms. The molecule has 1 unspecified atom stereocenters. The van der Waals surface area contributed by atoms with Gasteiger partial charge in [-0.1, -0.05) is 0 Å². The average Bonchev–Trinajstić information content (AvgIpc) is 2.98. The molecule has 1 saturated heterocycles. The van der Waals surface area contributed by atoms with Gasteiger partial charge in [-0.3, -0.25) is 4.79 Å². The van der Waals surface area contributed by atoms with Crippen molar-refractivity contribution in [2.24, 2.45) is 7.05 Å². The quantitative estimate of drug-likeness (QED) is 0.609. The van der Waals surface area contributed by atoms with Crippen LogP contribution in [0.25, 0.3) is 0 Å². The van der Waals surface area contributed by atoms with E-state index < -0.39 is 4.92 Å². The predicted molar refractivity (Wildman–Crippen MR) is 70.0 cm³/mol. The Labute approximate surface area is 111 Å². The molecular weight excluding hydrogens is 248 g/mol. The minimum Gasteiger partial charge on any atom is -0.358 e. The Morgan fingerprint density at radius 1 is 1.63 bits per heavy atom. The van der Waals surface area contributed by atoms with Gasteiger partial charge in [-0.15, -0.1) is 0 Å². The fourth-order valence-electron chi connectivity index (χ4n) is 2.37. The monoisotopic (exact) mass is 266 g/mol. The number of carbonyl (C=O) groups is 1. The third-order valence-electron chi connectivity index (χ3n) is 3.46. The van der Waals surface area contributed by atoms with E-state index in [1.807, 2.05) is 0 Å². The first kappa shape index (κ1) is 13.5. The molecule has 2 heterocycles. The van der Waals surface area contributed by atoms with E-state index in [0.29, 0.717) is 18.3 Å². The van der Waals surface area contributed by atoms with Crippen LogP contribution < -0.4 is 10.6 Å². The third kappa shape index (κ3) is 3.11. The van der Waals surface area contributed by atoms with Crippen molar-refractivity contribution in [3.8, 4) is 0 Å². The first-order valence-electron chi connectivity index (χ1n) is 6.41. The highest BCUT2D eigenvalue weighted by atomic mass is 16.6. The fraction of sp³-hybridized carbons (Fsp3) is 0.583. The lowest BCUT2D eigenvalue weighted by Gasteiger charge is -2.10. The van der Waals surface area contributed by atoms with Gasteiger partial charge < -0.3 is 20.7 Å². The highest BCUT2D eigenvalue weighted by Gasteiger charge is 2.20. The summed E-state index contributed by atoms with van der Waals surface area (Å²) in [5, 5.41) is 16.8. The highest BCUT2D eigenvalue weighted by molar-refractivity contribution is 5.93. The van der Waals surface area contributed by atoms with E-state index in [1.54, 1.807) is 0 Å². The number of aromatic nitrogens is 1. The topological polar surface area (TPSA) is 89.2 Å². The molecule has 1 fully saturated rings. The summed E-state index contributed by atoms with van der Waals surface area (Å²) in [5.41, 5.74) is 0.311. The van der Waals surface area contributed by atoms with Crippen LogP contribution in [0.15, 0.2) is 12.1 Å². The summed E-state index contributed by atoms with van der Waals surface area (Å²) in [7, 11) is 1.52. The number of hydrogen-bond donors (Lipinski definition) is 2. The second-order valence-electron chi connectivity index (χ2n) is 4.73. The maximum absolute atomic E-state index is 11.9. The Bertz CT molecular complexity index is 477. The Morgan fingerprint density at radius 3 is 3.00 bits per heavy atom. The van der Waals surface area contributed by atoms with Gasteiger partial charge in [0.05, 0.1) is 7.05 Å². The zero-order chi connectivity index (χ0) is 13.8. The molecule has 7 nitrogen and oxygen atoms in total. The minimum absolute atomic E-state index is 0.0809. The molecule has 0 aromatic carbocycles. The maximum atomic E-state index is 11.9. The van der Waals surface area contributed by atoms with E-state index >= 15 is 0 Å². The van der Waals surface area contributed by atoms with Crippen LogP contribution in [-0.4, -0.2) is 34.5 Å². The van der Waals surface area contributed by atoms with Gasteiger partial charge in [0.1, 0.15) is 0 Å². The number of hydrogen-bond acceptors (Lipinski definition) is 4. The first-order chi connectivity index (χ1) is 9.09. The van der Waals surface area contributed by atoms with Gasteiger partial charge in [-0.2, -0.15) is 0 Å². The molecule has 0 aliphatic carbocycles. The molecule has 7 heteroatoms. The van der Waals surface area contributed by atoms with E-state index in [1.165, 1.54) is 30.2 Å². The first-order valence-corrected chi connectivity index (χ1v) is 6.41. The van der Waals surface area contributed by atoms with E-state index in [0.717, 1.165) is 19.4 Å². The van der Waals surface area contributed by atoms with Crippen LogP contribution in [0.2, 0.25) is 0 Å². The second-order valence-corrected chi connectivity index (χ2v) is 4.73. The van der Waals surface area contributed by atoms with Gasteiger partial charge in [-0.05, 0) is 36.8 Å². The van der Waals surface area contributed by atoms with Crippen LogP contribution in [-0.2, 0) is 7.05 Å². The SMILES string of the molecule is Cn1c(C(=O)NCCC2CCCN2)ccc1[N+](=O)[O-]. The van der Waals surface area contributed by atoms with Crippen LogP contribution in [0.5, 0.6) is 0 Å². The lowest BCUT2D eigenvalue weighted by molar-refractivity contribution is -0.391. The van der Waals surface area contributed by atoms with E-state index in [4.69, 9.17) is 0 Å². The average molecular weight is 266 g/mol. The molecule has 1 aliphatic heterocycles. The highest BCUT2D eigenvalue weighted by Crippen LogP contribution is 2.15. The molecule has 2 rings (SSSR count). The number of rotatable bonds is 5. The Balaban J connectivity index is 1.87. The lowest BCUT2D eigenvalue weighted by Crippen LogP contribution is -2.31. The van der Waals surface area contributed by atoms with Crippen LogP contribution >= 0.6 is 0 Å². The fourth-order valence-corrected chi connectivity index (χ4v) is 2.37. The molecule has 2 N–H and O–H groups in total. The van der Waals surface area contributed by atoms with Crippen molar-refractivity contribution in [3.63, 3.8) is 0 Å². The molecule has 0 saturated carbocycles. The van der Waals surface area contributed by atoms with Crippen molar-refractivity contribution >= 4 is 11.7 Å². The summed E-state index contributed by atoms with van der Waals surface area (Å²) >= 11 is 0. The number of nitro groups is 1. The molecule has 1 amide bonds. The van der Waals surface area contributed by atoms with Crippen molar-refractivity contribution in [2.75, 3.05) is 13.1 Å². The van der Waals surface area contributed by atoms with Gasteiger partial charge in [0.25, 0.3) is 5.91 Å². The molecule has 0 bridgehead atoms. The second kappa shape index (κ2) is 5.83. The molecule has 104 valence electrons. The normalized spacial score (nSPS) is 18.5. The van der Waals surface area contributed by atoms with Crippen molar-refractivity contribution in [2.45, 2.75) is 25.3 Å². The number of carbonyl (C=O) groups excluding carboxylic acids is 1. The molecule has 1 aromatic rings. The Hall–Kier alpha value is -1.89. The smallest absolute Gasteiger partial charge is 0.323 e. The van der Waals surface area contributed by atoms with Crippen molar-refractivity contribution < 1.29 is 9.72 Å². The van der Waals surface area contributed by atoms with Crippen molar-refractivity contribution in [1.82, 2.24) is 15.2 Å². The van der Waals surface area contributed by atoms with Crippen LogP contribution in [0.3, 0.4) is 0 Å². The molecule has 19 heavy (non-hydrogen) atoms. The third-order valence-corrected chi connectivity index (χ3v) is 3.46. The van der Waals surface area contributed by atoms with E-state index in [2.05, 4.69) is 10.6 Å². The summed E-state index contributed by atoms with van der Waals surface area (Å²) < 4.78 is 1.29. The number of nitrogens with zero attached hydrogens (tertiary/aromatic N) is 2.